The third-order valence-electron chi connectivity index (χ3n) is 5.65. The second-order valence-corrected chi connectivity index (χ2v) is 7.51. The number of pyridine rings is 2. The van der Waals surface area contributed by atoms with Gasteiger partial charge in [-0.15, -0.1) is 0 Å². The molecular formula is C22H21N7O. The van der Waals surface area contributed by atoms with Gasteiger partial charge in [-0.25, -0.2) is 9.97 Å². The second kappa shape index (κ2) is 7.62. The third kappa shape index (κ3) is 3.30. The molecule has 4 aromatic heterocycles. The number of piperidine rings is 1. The van der Waals surface area contributed by atoms with Crippen LogP contribution in [0.5, 0.6) is 0 Å². The monoisotopic (exact) mass is 399 g/mol. The summed E-state index contributed by atoms with van der Waals surface area (Å²) < 4.78 is 2.09. The van der Waals surface area contributed by atoms with Crippen LogP contribution in [-0.2, 0) is 0 Å². The molecule has 5 heterocycles. The number of hydrogen-bond acceptors (Lipinski definition) is 7. The van der Waals surface area contributed by atoms with Crippen molar-refractivity contribution in [2.75, 3.05) is 18.0 Å². The Bertz CT molecular complexity index is 1190. The molecule has 30 heavy (non-hydrogen) atoms. The number of nitrogens with zero attached hydrogens (tertiary/aromatic N) is 7. The molecule has 4 aromatic rings. The summed E-state index contributed by atoms with van der Waals surface area (Å²) in [5, 5.41) is 5.75. The smallest absolute Gasteiger partial charge is 0.225 e. The van der Waals surface area contributed by atoms with E-state index in [9.17, 15) is 4.79 Å². The summed E-state index contributed by atoms with van der Waals surface area (Å²) in [7, 11) is 0. The van der Waals surface area contributed by atoms with Gasteiger partial charge < -0.3 is 4.90 Å². The van der Waals surface area contributed by atoms with E-state index in [-0.39, 0.29) is 0 Å². The van der Waals surface area contributed by atoms with Crippen LogP contribution in [-0.4, -0.2) is 49.1 Å². The van der Waals surface area contributed by atoms with Crippen LogP contribution < -0.4 is 4.90 Å². The third-order valence-corrected chi connectivity index (χ3v) is 5.65. The number of carbonyl (C=O) groups excluding carboxylic acids is 1. The second-order valence-electron chi connectivity index (χ2n) is 7.51. The summed E-state index contributed by atoms with van der Waals surface area (Å²) in [6.45, 7) is 3.67. The molecule has 0 radical (unpaired) electrons. The van der Waals surface area contributed by atoms with E-state index in [1.807, 2.05) is 31.5 Å². The Morgan fingerprint density at radius 2 is 1.83 bits per heavy atom. The van der Waals surface area contributed by atoms with E-state index in [2.05, 4.69) is 40.7 Å². The number of hydrogen-bond donors (Lipinski definition) is 0. The molecule has 1 fully saturated rings. The van der Waals surface area contributed by atoms with Crippen molar-refractivity contribution in [2.24, 2.45) is 0 Å². The van der Waals surface area contributed by atoms with Crippen LogP contribution in [0.1, 0.15) is 34.9 Å². The standard InChI is InChI=1S/C22H21N7O/c1-15-19(3-2-6-23-15)20-9-17-12-27-29(21(17)13-24-20)18-4-7-28(8-5-18)22-25-10-16(14-30)11-26-22/h2-3,6,9-14,18H,4-5,7-8H2,1H3. The molecule has 0 aliphatic carbocycles. The maximum absolute atomic E-state index is 10.8. The van der Waals surface area contributed by atoms with Gasteiger partial charge in [0, 0.05) is 48.3 Å². The SMILES string of the molecule is Cc1ncccc1-c1cc2cnn(C3CCN(c4ncc(C=O)cn4)CC3)c2cn1. The minimum atomic E-state index is 0.306. The highest BCUT2D eigenvalue weighted by molar-refractivity contribution is 5.82. The van der Waals surface area contributed by atoms with Gasteiger partial charge in [-0.1, -0.05) is 0 Å². The maximum Gasteiger partial charge on any atom is 0.225 e. The highest BCUT2D eigenvalue weighted by Gasteiger charge is 2.24. The zero-order chi connectivity index (χ0) is 20.5. The summed E-state index contributed by atoms with van der Waals surface area (Å²) in [6, 6.07) is 6.36. The Morgan fingerprint density at radius 1 is 1.03 bits per heavy atom. The van der Waals surface area contributed by atoms with Crippen molar-refractivity contribution in [3.63, 3.8) is 0 Å². The quantitative estimate of drug-likeness (QED) is 0.487. The Balaban J connectivity index is 1.34. The van der Waals surface area contributed by atoms with Crippen molar-refractivity contribution in [2.45, 2.75) is 25.8 Å². The molecule has 8 heteroatoms. The van der Waals surface area contributed by atoms with Crippen LogP contribution in [0, 0.1) is 6.92 Å². The van der Waals surface area contributed by atoms with Gasteiger partial charge in [-0.05, 0) is 38.0 Å². The number of aromatic nitrogens is 6. The number of aldehydes is 1. The van der Waals surface area contributed by atoms with Gasteiger partial charge >= 0.3 is 0 Å². The number of fused-ring (bicyclic) bond motifs is 1. The highest BCUT2D eigenvalue weighted by atomic mass is 16.1. The molecule has 0 saturated carbocycles. The van der Waals surface area contributed by atoms with Crippen molar-refractivity contribution < 1.29 is 4.79 Å². The molecule has 1 aliphatic rings. The Morgan fingerprint density at radius 3 is 2.57 bits per heavy atom. The molecule has 0 N–H and O–H groups in total. The predicted molar refractivity (Wildman–Crippen MR) is 113 cm³/mol. The first-order chi connectivity index (χ1) is 14.7. The Labute approximate surface area is 173 Å². The fourth-order valence-electron chi connectivity index (χ4n) is 4.00. The lowest BCUT2D eigenvalue weighted by Crippen LogP contribution is -2.36. The van der Waals surface area contributed by atoms with Gasteiger partial charge in [0.05, 0.1) is 35.2 Å². The summed E-state index contributed by atoms with van der Waals surface area (Å²) in [5.74, 6) is 0.669. The fraction of sp³-hybridized carbons (Fsp3) is 0.273. The fourth-order valence-corrected chi connectivity index (χ4v) is 4.00. The molecule has 1 aliphatic heterocycles. The molecule has 0 atom stereocenters. The van der Waals surface area contributed by atoms with Gasteiger partial charge in [-0.3, -0.25) is 19.4 Å². The molecule has 0 unspecified atom stereocenters. The molecule has 5 rings (SSSR count). The van der Waals surface area contributed by atoms with E-state index in [1.54, 1.807) is 18.6 Å². The average molecular weight is 399 g/mol. The van der Waals surface area contributed by atoms with Crippen LogP contribution in [0.3, 0.4) is 0 Å². The molecule has 0 spiro atoms. The number of anilines is 1. The lowest BCUT2D eigenvalue weighted by atomic mass is 10.1. The molecule has 1 saturated heterocycles. The normalized spacial score (nSPS) is 14.9. The van der Waals surface area contributed by atoms with Crippen LogP contribution in [0.4, 0.5) is 5.95 Å². The predicted octanol–water partition coefficient (Wildman–Crippen LogP) is 3.25. The van der Waals surface area contributed by atoms with Gasteiger partial charge in [0.1, 0.15) is 0 Å². The van der Waals surface area contributed by atoms with Gasteiger partial charge in [0.2, 0.25) is 5.95 Å². The van der Waals surface area contributed by atoms with Crippen LogP contribution >= 0.6 is 0 Å². The van der Waals surface area contributed by atoms with E-state index in [1.165, 1.54) is 0 Å². The first-order valence-electron chi connectivity index (χ1n) is 10.0. The Hall–Kier alpha value is -3.68. The van der Waals surface area contributed by atoms with E-state index < -0.39 is 0 Å². The Kier molecular flexibility index (Phi) is 4.66. The number of aryl methyl sites for hydroxylation is 1. The number of rotatable bonds is 4. The largest absolute Gasteiger partial charge is 0.341 e. The average Bonchev–Trinajstić information content (AvgIpc) is 3.23. The number of carbonyl (C=O) groups is 1. The van der Waals surface area contributed by atoms with E-state index in [0.29, 0.717) is 17.6 Å². The maximum atomic E-state index is 10.8. The molecular weight excluding hydrogens is 378 g/mol. The zero-order valence-electron chi connectivity index (χ0n) is 16.6. The van der Waals surface area contributed by atoms with Crippen LogP contribution in [0.15, 0.2) is 49.2 Å². The molecule has 0 aromatic carbocycles. The van der Waals surface area contributed by atoms with Crippen molar-refractivity contribution >= 4 is 23.1 Å². The van der Waals surface area contributed by atoms with Gasteiger partial charge in [-0.2, -0.15) is 5.10 Å². The molecule has 0 amide bonds. The first-order valence-corrected chi connectivity index (χ1v) is 10.0. The summed E-state index contributed by atoms with van der Waals surface area (Å²) in [4.78, 5) is 30.6. The van der Waals surface area contributed by atoms with Crippen molar-refractivity contribution in [1.29, 1.82) is 0 Å². The minimum Gasteiger partial charge on any atom is -0.341 e. The van der Waals surface area contributed by atoms with E-state index in [4.69, 9.17) is 0 Å². The van der Waals surface area contributed by atoms with E-state index >= 15 is 0 Å². The van der Waals surface area contributed by atoms with Gasteiger partial charge in [0.15, 0.2) is 6.29 Å². The minimum absolute atomic E-state index is 0.306. The highest BCUT2D eigenvalue weighted by Crippen LogP contribution is 2.29. The summed E-state index contributed by atoms with van der Waals surface area (Å²) in [6.07, 6.45) is 11.4. The van der Waals surface area contributed by atoms with Crippen molar-refractivity contribution in [3.8, 4) is 11.3 Å². The van der Waals surface area contributed by atoms with Crippen molar-refractivity contribution in [3.05, 3.63) is 60.4 Å². The molecule has 8 nitrogen and oxygen atoms in total. The van der Waals surface area contributed by atoms with E-state index in [0.717, 1.165) is 60.1 Å². The van der Waals surface area contributed by atoms with Gasteiger partial charge in [0.25, 0.3) is 0 Å². The summed E-state index contributed by atoms with van der Waals surface area (Å²) >= 11 is 0. The topological polar surface area (TPSA) is 89.7 Å². The van der Waals surface area contributed by atoms with Crippen molar-refractivity contribution in [1.82, 2.24) is 29.7 Å². The summed E-state index contributed by atoms with van der Waals surface area (Å²) in [5.41, 5.74) is 4.46. The lowest BCUT2D eigenvalue weighted by Gasteiger charge is -2.32. The zero-order valence-corrected chi connectivity index (χ0v) is 16.6. The molecule has 0 bridgehead atoms. The van der Waals surface area contributed by atoms with Crippen LogP contribution in [0.25, 0.3) is 22.2 Å². The molecule has 150 valence electrons. The lowest BCUT2D eigenvalue weighted by molar-refractivity contribution is 0.112. The van der Waals surface area contributed by atoms with Crippen LogP contribution in [0.2, 0.25) is 0 Å². The first kappa shape index (κ1) is 18.4.